The average molecular weight is 244 g/mol. The normalized spacial score (nSPS) is 9.83. The van der Waals surface area contributed by atoms with Gasteiger partial charge in [-0.15, -0.1) is 0 Å². The fraction of sp³-hybridized carbons (Fsp3) is 0.167. The van der Waals surface area contributed by atoms with Crippen molar-refractivity contribution < 1.29 is 9.53 Å². The molecule has 0 aliphatic heterocycles. The van der Waals surface area contributed by atoms with E-state index in [1.807, 2.05) is 6.92 Å². The number of rotatable bonds is 4. The number of nitrogens with one attached hydrogen (secondary N) is 1. The number of aromatic nitrogens is 3. The summed E-state index contributed by atoms with van der Waals surface area (Å²) >= 11 is 0. The molecule has 0 aromatic carbocycles. The zero-order valence-electron chi connectivity index (χ0n) is 9.83. The van der Waals surface area contributed by atoms with E-state index in [1.54, 1.807) is 36.8 Å². The van der Waals surface area contributed by atoms with Gasteiger partial charge in [-0.2, -0.15) is 0 Å². The molecule has 0 aliphatic rings. The molecule has 2 rings (SSSR count). The number of pyridine rings is 1. The highest BCUT2D eigenvalue weighted by molar-refractivity contribution is 5.91. The third-order valence-corrected chi connectivity index (χ3v) is 2.07. The Morgan fingerprint density at radius 1 is 1.28 bits per heavy atom. The van der Waals surface area contributed by atoms with Crippen LogP contribution in [-0.2, 0) is 4.79 Å². The first kappa shape index (κ1) is 12.0. The maximum Gasteiger partial charge on any atom is 0.317 e. The van der Waals surface area contributed by atoms with Crippen molar-refractivity contribution in [3.63, 3.8) is 0 Å². The second-order valence-corrected chi connectivity index (χ2v) is 3.55. The van der Waals surface area contributed by atoms with Crippen molar-refractivity contribution in [2.45, 2.75) is 6.92 Å². The van der Waals surface area contributed by atoms with E-state index < -0.39 is 0 Å². The highest BCUT2D eigenvalue weighted by Gasteiger charge is 2.04. The topological polar surface area (TPSA) is 77.0 Å². The molecular formula is C12H12N4O2. The van der Waals surface area contributed by atoms with E-state index in [4.69, 9.17) is 4.74 Å². The van der Waals surface area contributed by atoms with E-state index >= 15 is 0 Å². The molecule has 0 spiro atoms. The van der Waals surface area contributed by atoms with Crippen molar-refractivity contribution in [1.29, 1.82) is 0 Å². The summed E-state index contributed by atoms with van der Waals surface area (Å²) in [6, 6.07) is 5.34. The standard InChI is InChI=1S/C12H12N4O2/c1-9-2-7-14-12(15-9)18-8-11(17)16-10-3-5-13-6-4-10/h2-7H,8H2,1H3,(H,13,16,17). The third-order valence-electron chi connectivity index (χ3n) is 2.07. The monoisotopic (exact) mass is 244 g/mol. The van der Waals surface area contributed by atoms with Crippen LogP contribution in [0.1, 0.15) is 5.69 Å². The molecule has 0 saturated heterocycles. The minimum atomic E-state index is -0.272. The van der Waals surface area contributed by atoms with Crippen molar-refractivity contribution in [3.8, 4) is 6.01 Å². The van der Waals surface area contributed by atoms with Crippen molar-refractivity contribution in [3.05, 3.63) is 42.5 Å². The van der Waals surface area contributed by atoms with Gasteiger partial charge in [0.15, 0.2) is 6.61 Å². The molecular weight excluding hydrogens is 232 g/mol. The van der Waals surface area contributed by atoms with Gasteiger partial charge in [0.2, 0.25) is 0 Å². The predicted molar refractivity (Wildman–Crippen MR) is 65.1 cm³/mol. The number of hydrogen-bond donors (Lipinski definition) is 1. The van der Waals surface area contributed by atoms with Gasteiger partial charge in [0.25, 0.3) is 5.91 Å². The molecule has 0 fully saturated rings. The van der Waals surface area contributed by atoms with Crippen LogP contribution < -0.4 is 10.1 Å². The molecule has 6 nitrogen and oxygen atoms in total. The maximum atomic E-state index is 11.6. The van der Waals surface area contributed by atoms with Gasteiger partial charge < -0.3 is 10.1 Å². The minimum absolute atomic E-state index is 0.133. The van der Waals surface area contributed by atoms with E-state index in [1.165, 1.54) is 0 Å². The van der Waals surface area contributed by atoms with Crippen LogP contribution >= 0.6 is 0 Å². The lowest BCUT2D eigenvalue weighted by Crippen LogP contribution is -2.20. The van der Waals surface area contributed by atoms with E-state index in [0.29, 0.717) is 5.69 Å². The van der Waals surface area contributed by atoms with Crippen molar-refractivity contribution in [2.24, 2.45) is 0 Å². The molecule has 18 heavy (non-hydrogen) atoms. The summed E-state index contributed by atoms with van der Waals surface area (Å²) in [6.45, 7) is 1.69. The van der Waals surface area contributed by atoms with Crippen LogP contribution in [0.4, 0.5) is 5.69 Å². The van der Waals surface area contributed by atoms with Gasteiger partial charge in [-0.05, 0) is 25.1 Å². The van der Waals surface area contributed by atoms with Crippen molar-refractivity contribution in [2.75, 3.05) is 11.9 Å². The molecule has 2 aromatic rings. The summed E-state index contributed by atoms with van der Waals surface area (Å²) in [7, 11) is 0. The highest BCUT2D eigenvalue weighted by atomic mass is 16.5. The van der Waals surface area contributed by atoms with Crippen molar-refractivity contribution in [1.82, 2.24) is 15.0 Å². The van der Waals surface area contributed by atoms with Crippen molar-refractivity contribution >= 4 is 11.6 Å². The van der Waals surface area contributed by atoms with Crippen LogP contribution in [0.2, 0.25) is 0 Å². The van der Waals surface area contributed by atoms with Crippen LogP contribution in [0.15, 0.2) is 36.8 Å². The van der Waals surface area contributed by atoms with E-state index in [9.17, 15) is 4.79 Å². The Morgan fingerprint density at radius 2 is 2.06 bits per heavy atom. The Labute approximate surface area is 104 Å². The minimum Gasteiger partial charge on any atom is -0.453 e. The Kier molecular flexibility index (Phi) is 3.80. The van der Waals surface area contributed by atoms with Crippen LogP contribution in [0, 0.1) is 6.92 Å². The second-order valence-electron chi connectivity index (χ2n) is 3.55. The number of carbonyl (C=O) groups is 1. The Morgan fingerprint density at radius 3 is 2.78 bits per heavy atom. The van der Waals surface area contributed by atoms with E-state index in [2.05, 4.69) is 20.3 Å². The molecule has 92 valence electrons. The number of hydrogen-bond acceptors (Lipinski definition) is 5. The zero-order chi connectivity index (χ0) is 12.8. The summed E-state index contributed by atoms with van der Waals surface area (Å²) in [5, 5.41) is 2.67. The summed E-state index contributed by atoms with van der Waals surface area (Å²) in [6.07, 6.45) is 4.78. The molecule has 0 bridgehead atoms. The number of amides is 1. The quantitative estimate of drug-likeness (QED) is 0.874. The predicted octanol–water partition coefficient (Wildman–Crippen LogP) is 1.20. The SMILES string of the molecule is Cc1ccnc(OCC(=O)Nc2ccncc2)n1. The lowest BCUT2D eigenvalue weighted by atomic mass is 10.4. The summed E-state index contributed by atoms with van der Waals surface area (Å²) in [5.41, 5.74) is 1.46. The lowest BCUT2D eigenvalue weighted by molar-refractivity contribution is -0.118. The molecule has 2 aromatic heterocycles. The van der Waals surface area contributed by atoms with Gasteiger partial charge in [0.1, 0.15) is 0 Å². The fourth-order valence-electron chi connectivity index (χ4n) is 1.26. The van der Waals surface area contributed by atoms with Gasteiger partial charge in [0.05, 0.1) is 0 Å². The number of ether oxygens (including phenoxy) is 1. The average Bonchev–Trinajstić information content (AvgIpc) is 2.38. The Bertz CT molecular complexity index is 531. The number of anilines is 1. The molecule has 1 amide bonds. The molecule has 0 saturated carbocycles. The Balaban J connectivity index is 1.85. The van der Waals surface area contributed by atoms with Gasteiger partial charge in [-0.1, -0.05) is 0 Å². The number of nitrogens with zero attached hydrogens (tertiary/aromatic N) is 3. The molecule has 0 aliphatic carbocycles. The van der Waals surface area contributed by atoms with E-state index in [0.717, 1.165) is 5.69 Å². The number of carbonyl (C=O) groups excluding carboxylic acids is 1. The molecule has 2 heterocycles. The zero-order valence-corrected chi connectivity index (χ0v) is 9.83. The molecule has 0 unspecified atom stereocenters. The summed E-state index contributed by atoms with van der Waals surface area (Å²) in [5.74, 6) is -0.272. The second kappa shape index (κ2) is 5.72. The van der Waals surface area contributed by atoms with Gasteiger partial charge in [0, 0.05) is 30.0 Å². The number of aryl methyl sites for hydroxylation is 1. The molecule has 0 radical (unpaired) electrons. The largest absolute Gasteiger partial charge is 0.453 e. The Hall–Kier alpha value is -2.50. The first-order valence-electron chi connectivity index (χ1n) is 5.36. The first-order valence-corrected chi connectivity index (χ1v) is 5.36. The van der Waals surface area contributed by atoms with Crippen LogP contribution in [0.25, 0.3) is 0 Å². The van der Waals surface area contributed by atoms with Crippen LogP contribution in [-0.4, -0.2) is 27.5 Å². The maximum absolute atomic E-state index is 11.6. The van der Waals surface area contributed by atoms with Gasteiger partial charge in [-0.3, -0.25) is 9.78 Å². The third kappa shape index (κ3) is 3.51. The smallest absolute Gasteiger partial charge is 0.317 e. The summed E-state index contributed by atoms with van der Waals surface area (Å²) in [4.78, 5) is 23.3. The van der Waals surface area contributed by atoms with E-state index in [-0.39, 0.29) is 18.5 Å². The molecule has 6 heteroatoms. The van der Waals surface area contributed by atoms with Crippen LogP contribution in [0.5, 0.6) is 6.01 Å². The lowest BCUT2D eigenvalue weighted by Gasteiger charge is -2.05. The summed E-state index contributed by atoms with van der Waals surface area (Å²) < 4.78 is 5.17. The van der Waals surface area contributed by atoms with Gasteiger partial charge in [-0.25, -0.2) is 9.97 Å². The fourth-order valence-corrected chi connectivity index (χ4v) is 1.26. The first-order chi connectivity index (χ1) is 8.74. The van der Waals surface area contributed by atoms with Gasteiger partial charge >= 0.3 is 6.01 Å². The van der Waals surface area contributed by atoms with Crippen LogP contribution in [0.3, 0.4) is 0 Å². The molecule has 0 atom stereocenters. The highest BCUT2D eigenvalue weighted by Crippen LogP contribution is 2.04. The molecule has 1 N–H and O–H groups in total.